The molecule has 2 rings (SSSR count). The van der Waals surface area contributed by atoms with Crippen LogP contribution in [0.5, 0.6) is 5.75 Å². The molecule has 0 bridgehead atoms. The summed E-state index contributed by atoms with van der Waals surface area (Å²) in [4.78, 5) is 0. The van der Waals surface area contributed by atoms with Gasteiger partial charge in [-0.25, -0.2) is 0 Å². The molecular formula is C12H15N3O. The smallest absolute Gasteiger partial charge is 0.126 e. The van der Waals surface area contributed by atoms with E-state index in [1.165, 1.54) is 5.56 Å². The summed E-state index contributed by atoms with van der Waals surface area (Å²) in [6, 6.07) is 4.06. The van der Waals surface area contributed by atoms with E-state index in [4.69, 9.17) is 10.5 Å². The standard InChI is InChI=1S/C12H15N3O/c1-7-4-9(5-11(16-3)8(7)2)10-6-14-15-12(10)13/h4-6H,1-3H3,(H3,13,14,15). The summed E-state index contributed by atoms with van der Waals surface area (Å²) in [5, 5.41) is 6.64. The lowest BCUT2D eigenvalue weighted by molar-refractivity contribution is 0.411. The van der Waals surface area contributed by atoms with Gasteiger partial charge in [0.25, 0.3) is 0 Å². The summed E-state index contributed by atoms with van der Waals surface area (Å²) in [5.41, 5.74) is 10.0. The maximum Gasteiger partial charge on any atom is 0.126 e. The van der Waals surface area contributed by atoms with Gasteiger partial charge in [0.2, 0.25) is 0 Å². The number of nitrogens with one attached hydrogen (secondary N) is 1. The molecule has 0 fully saturated rings. The summed E-state index contributed by atoms with van der Waals surface area (Å²) in [6.45, 7) is 4.09. The van der Waals surface area contributed by atoms with E-state index >= 15 is 0 Å². The van der Waals surface area contributed by atoms with Crippen LogP contribution in [-0.4, -0.2) is 17.3 Å². The lowest BCUT2D eigenvalue weighted by atomic mass is 10.0. The fourth-order valence-electron chi connectivity index (χ4n) is 1.72. The van der Waals surface area contributed by atoms with Gasteiger partial charge in [0, 0.05) is 5.56 Å². The molecule has 0 spiro atoms. The number of hydrogen-bond donors (Lipinski definition) is 2. The molecule has 0 aliphatic carbocycles. The van der Waals surface area contributed by atoms with Crippen molar-refractivity contribution in [3.63, 3.8) is 0 Å². The third-order valence-electron chi connectivity index (χ3n) is 2.82. The predicted octanol–water partition coefficient (Wildman–Crippen LogP) is 2.28. The SMILES string of the molecule is COc1cc(-c2cn[nH]c2N)cc(C)c1C. The number of hydrogen-bond acceptors (Lipinski definition) is 3. The first-order valence-corrected chi connectivity index (χ1v) is 5.08. The molecule has 3 N–H and O–H groups in total. The van der Waals surface area contributed by atoms with Crippen molar-refractivity contribution < 1.29 is 4.74 Å². The second kappa shape index (κ2) is 3.89. The Morgan fingerprint density at radius 1 is 1.31 bits per heavy atom. The van der Waals surface area contributed by atoms with Crippen LogP contribution in [0.3, 0.4) is 0 Å². The highest BCUT2D eigenvalue weighted by Gasteiger charge is 2.09. The van der Waals surface area contributed by atoms with E-state index in [-0.39, 0.29) is 0 Å². The third-order valence-corrected chi connectivity index (χ3v) is 2.82. The Morgan fingerprint density at radius 2 is 2.06 bits per heavy atom. The van der Waals surface area contributed by atoms with Gasteiger partial charge in [-0.2, -0.15) is 5.10 Å². The number of benzene rings is 1. The van der Waals surface area contributed by atoms with Crippen molar-refractivity contribution in [2.24, 2.45) is 0 Å². The number of aromatic amines is 1. The van der Waals surface area contributed by atoms with Gasteiger partial charge in [-0.05, 0) is 36.6 Å². The number of methoxy groups -OCH3 is 1. The molecule has 0 aliphatic heterocycles. The summed E-state index contributed by atoms with van der Waals surface area (Å²) < 4.78 is 5.33. The molecule has 4 nitrogen and oxygen atoms in total. The number of nitrogens with two attached hydrogens (primary N) is 1. The third kappa shape index (κ3) is 1.62. The maximum absolute atomic E-state index is 5.79. The van der Waals surface area contributed by atoms with Gasteiger partial charge in [-0.15, -0.1) is 0 Å². The fourth-order valence-corrected chi connectivity index (χ4v) is 1.72. The van der Waals surface area contributed by atoms with Gasteiger partial charge in [-0.1, -0.05) is 6.07 Å². The van der Waals surface area contributed by atoms with E-state index in [2.05, 4.69) is 23.2 Å². The van der Waals surface area contributed by atoms with Crippen LogP contribution >= 0.6 is 0 Å². The van der Waals surface area contributed by atoms with Crippen molar-refractivity contribution >= 4 is 5.82 Å². The number of rotatable bonds is 2. The Balaban J connectivity index is 2.59. The van der Waals surface area contributed by atoms with Crippen LogP contribution in [-0.2, 0) is 0 Å². The molecule has 0 aliphatic rings. The van der Waals surface area contributed by atoms with Crippen LogP contribution < -0.4 is 10.5 Å². The number of aryl methyl sites for hydroxylation is 1. The second-order valence-electron chi connectivity index (χ2n) is 3.82. The highest BCUT2D eigenvalue weighted by atomic mass is 16.5. The van der Waals surface area contributed by atoms with Crippen molar-refractivity contribution in [1.29, 1.82) is 0 Å². The van der Waals surface area contributed by atoms with Gasteiger partial charge < -0.3 is 10.5 Å². The molecule has 4 heteroatoms. The van der Waals surface area contributed by atoms with Crippen LogP contribution in [0.25, 0.3) is 11.1 Å². The van der Waals surface area contributed by atoms with Crippen molar-refractivity contribution in [1.82, 2.24) is 10.2 Å². The average molecular weight is 217 g/mol. The Morgan fingerprint density at radius 3 is 2.62 bits per heavy atom. The average Bonchev–Trinajstić information content (AvgIpc) is 2.68. The lowest BCUT2D eigenvalue weighted by Gasteiger charge is -2.10. The molecule has 2 aromatic rings. The maximum atomic E-state index is 5.79. The van der Waals surface area contributed by atoms with Gasteiger partial charge in [0.15, 0.2) is 0 Å². The predicted molar refractivity (Wildman–Crippen MR) is 64.5 cm³/mol. The monoisotopic (exact) mass is 217 g/mol. The van der Waals surface area contributed by atoms with Crippen LogP contribution in [0, 0.1) is 13.8 Å². The topological polar surface area (TPSA) is 63.9 Å². The first-order chi connectivity index (χ1) is 7.63. The number of nitrogens with zero attached hydrogens (tertiary/aromatic N) is 1. The zero-order valence-corrected chi connectivity index (χ0v) is 9.66. The molecule has 0 saturated carbocycles. The van der Waals surface area contributed by atoms with Gasteiger partial charge >= 0.3 is 0 Å². The second-order valence-corrected chi connectivity index (χ2v) is 3.82. The summed E-state index contributed by atoms with van der Waals surface area (Å²) in [6.07, 6.45) is 1.72. The molecule has 1 heterocycles. The van der Waals surface area contributed by atoms with Crippen LogP contribution in [0.4, 0.5) is 5.82 Å². The molecular weight excluding hydrogens is 202 g/mol. The quantitative estimate of drug-likeness (QED) is 0.811. The number of H-pyrrole nitrogens is 1. The Hall–Kier alpha value is -1.97. The molecule has 16 heavy (non-hydrogen) atoms. The van der Waals surface area contributed by atoms with E-state index in [0.717, 1.165) is 22.4 Å². The first kappa shape index (κ1) is 10.5. The zero-order valence-electron chi connectivity index (χ0n) is 9.66. The molecule has 0 atom stereocenters. The van der Waals surface area contributed by atoms with Crippen molar-refractivity contribution in [2.75, 3.05) is 12.8 Å². The fraction of sp³-hybridized carbons (Fsp3) is 0.250. The number of anilines is 1. The molecule has 0 amide bonds. The van der Waals surface area contributed by atoms with Gasteiger partial charge in [0.05, 0.1) is 13.3 Å². The van der Waals surface area contributed by atoms with Crippen LogP contribution in [0.1, 0.15) is 11.1 Å². The van der Waals surface area contributed by atoms with E-state index in [0.29, 0.717) is 5.82 Å². The van der Waals surface area contributed by atoms with Crippen LogP contribution in [0.2, 0.25) is 0 Å². The van der Waals surface area contributed by atoms with Gasteiger partial charge in [0.1, 0.15) is 11.6 Å². The minimum absolute atomic E-state index is 0.574. The molecule has 0 saturated heterocycles. The Bertz CT molecular complexity index is 517. The van der Waals surface area contributed by atoms with E-state index < -0.39 is 0 Å². The van der Waals surface area contributed by atoms with Crippen LogP contribution in [0.15, 0.2) is 18.3 Å². The minimum atomic E-state index is 0.574. The highest BCUT2D eigenvalue weighted by molar-refractivity contribution is 5.75. The zero-order chi connectivity index (χ0) is 11.7. The first-order valence-electron chi connectivity index (χ1n) is 5.08. The largest absolute Gasteiger partial charge is 0.496 e. The molecule has 0 unspecified atom stereocenters. The summed E-state index contributed by atoms with van der Waals surface area (Å²) in [5.74, 6) is 1.45. The molecule has 1 aromatic carbocycles. The Labute approximate surface area is 94.4 Å². The summed E-state index contributed by atoms with van der Waals surface area (Å²) >= 11 is 0. The number of aromatic nitrogens is 2. The molecule has 1 aromatic heterocycles. The normalized spacial score (nSPS) is 10.4. The summed E-state index contributed by atoms with van der Waals surface area (Å²) in [7, 11) is 1.67. The van der Waals surface area contributed by atoms with E-state index in [1.54, 1.807) is 13.3 Å². The van der Waals surface area contributed by atoms with Crippen molar-refractivity contribution in [2.45, 2.75) is 13.8 Å². The molecule has 0 radical (unpaired) electrons. The van der Waals surface area contributed by atoms with Crippen molar-refractivity contribution in [3.05, 3.63) is 29.5 Å². The molecule has 84 valence electrons. The van der Waals surface area contributed by atoms with Crippen molar-refractivity contribution in [3.8, 4) is 16.9 Å². The minimum Gasteiger partial charge on any atom is -0.496 e. The van der Waals surface area contributed by atoms with E-state index in [9.17, 15) is 0 Å². The van der Waals surface area contributed by atoms with E-state index in [1.807, 2.05) is 13.0 Å². The highest BCUT2D eigenvalue weighted by Crippen LogP contribution is 2.31. The van der Waals surface area contributed by atoms with Gasteiger partial charge in [-0.3, -0.25) is 5.10 Å². The number of ether oxygens (including phenoxy) is 1. The Kier molecular flexibility index (Phi) is 2.56. The lowest BCUT2D eigenvalue weighted by Crippen LogP contribution is -1.93. The number of nitrogen functional groups attached to an aromatic ring is 1.